The third-order valence-corrected chi connectivity index (χ3v) is 4.01. The Morgan fingerprint density at radius 1 is 1.09 bits per heavy atom. The van der Waals surface area contributed by atoms with Gasteiger partial charge in [-0.2, -0.15) is 0 Å². The van der Waals surface area contributed by atoms with Crippen molar-refractivity contribution in [2.24, 2.45) is 5.73 Å². The van der Waals surface area contributed by atoms with E-state index < -0.39 is 5.91 Å². The predicted octanol–water partition coefficient (Wildman–Crippen LogP) is 2.62. The van der Waals surface area contributed by atoms with E-state index in [0.717, 1.165) is 31.6 Å². The number of benzene rings is 1. The van der Waals surface area contributed by atoms with Gasteiger partial charge in [0.05, 0.1) is 23.2 Å². The van der Waals surface area contributed by atoms with Crippen LogP contribution >= 0.6 is 0 Å². The molecule has 0 bridgehead atoms. The highest BCUT2D eigenvalue weighted by molar-refractivity contribution is 6.06. The van der Waals surface area contributed by atoms with Crippen molar-refractivity contribution in [3.05, 3.63) is 47.9 Å². The fourth-order valence-electron chi connectivity index (χ4n) is 2.79. The van der Waals surface area contributed by atoms with E-state index in [0.29, 0.717) is 16.8 Å². The molecule has 0 unspecified atom stereocenters. The van der Waals surface area contributed by atoms with Crippen LogP contribution in [0.3, 0.4) is 0 Å². The van der Waals surface area contributed by atoms with Gasteiger partial charge in [0.2, 0.25) is 5.91 Å². The molecule has 0 spiro atoms. The number of carbonyl (C=O) groups excluding carboxylic acids is 2. The van der Waals surface area contributed by atoms with Crippen LogP contribution in [0.1, 0.15) is 40.0 Å². The minimum absolute atomic E-state index is 0.279. The summed E-state index contributed by atoms with van der Waals surface area (Å²) in [4.78, 5) is 25.9. The topological polar surface area (TPSA) is 88.6 Å². The van der Waals surface area contributed by atoms with E-state index in [9.17, 15) is 9.59 Å². The molecule has 3 rings (SSSR count). The van der Waals surface area contributed by atoms with Crippen molar-refractivity contribution in [3.63, 3.8) is 0 Å². The molecule has 6 nitrogen and oxygen atoms in total. The molecule has 1 aromatic carbocycles. The van der Waals surface area contributed by atoms with Crippen LogP contribution in [0.15, 0.2) is 41.2 Å². The lowest BCUT2D eigenvalue weighted by atomic mass is 10.1. The van der Waals surface area contributed by atoms with Crippen LogP contribution < -0.4 is 16.0 Å². The monoisotopic (exact) mass is 313 g/mol. The fourth-order valence-corrected chi connectivity index (χ4v) is 2.79. The Balaban J connectivity index is 1.92. The number of hydrogen-bond donors (Lipinski definition) is 2. The molecule has 1 fully saturated rings. The van der Waals surface area contributed by atoms with Gasteiger partial charge in [-0.25, -0.2) is 0 Å². The summed E-state index contributed by atoms with van der Waals surface area (Å²) in [5.74, 6) is -0.798. The van der Waals surface area contributed by atoms with Gasteiger partial charge in [0.1, 0.15) is 6.26 Å². The van der Waals surface area contributed by atoms with Crippen LogP contribution in [0.5, 0.6) is 0 Å². The second-order valence-electron chi connectivity index (χ2n) is 5.61. The minimum Gasteiger partial charge on any atom is -0.472 e. The smallest absolute Gasteiger partial charge is 0.258 e. The van der Waals surface area contributed by atoms with Gasteiger partial charge in [-0.15, -0.1) is 0 Å². The number of nitrogens with one attached hydrogen (secondary N) is 1. The number of nitrogens with two attached hydrogens (primary N) is 1. The molecule has 0 atom stereocenters. The highest BCUT2D eigenvalue weighted by Gasteiger charge is 2.18. The van der Waals surface area contributed by atoms with Gasteiger partial charge in [0, 0.05) is 18.7 Å². The van der Waals surface area contributed by atoms with Gasteiger partial charge in [-0.05, 0) is 43.5 Å². The molecule has 1 aliphatic heterocycles. The number of nitrogens with zero attached hydrogens (tertiary/aromatic N) is 1. The van der Waals surface area contributed by atoms with Crippen molar-refractivity contribution in [1.29, 1.82) is 0 Å². The first-order chi connectivity index (χ1) is 11.1. The molecule has 23 heavy (non-hydrogen) atoms. The molecule has 120 valence electrons. The lowest BCUT2D eigenvalue weighted by Gasteiger charge is -2.30. The molecular weight excluding hydrogens is 294 g/mol. The zero-order valence-corrected chi connectivity index (χ0v) is 12.7. The number of carbonyl (C=O) groups is 2. The molecule has 0 aliphatic carbocycles. The molecule has 2 heterocycles. The maximum absolute atomic E-state index is 12.3. The molecule has 0 saturated carbocycles. The molecular formula is C17H19N3O3. The molecule has 2 amide bonds. The summed E-state index contributed by atoms with van der Waals surface area (Å²) >= 11 is 0. The molecule has 1 aromatic heterocycles. The number of piperidine rings is 1. The minimum atomic E-state index is -0.519. The zero-order chi connectivity index (χ0) is 16.2. The van der Waals surface area contributed by atoms with Crippen molar-refractivity contribution < 1.29 is 14.0 Å². The average molecular weight is 313 g/mol. The molecule has 1 aliphatic rings. The maximum Gasteiger partial charge on any atom is 0.258 e. The third kappa shape index (κ3) is 3.36. The second kappa shape index (κ2) is 6.56. The van der Waals surface area contributed by atoms with Crippen LogP contribution in [-0.4, -0.2) is 24.9 Å². The Kier molecular flexibility index (Phi) is 4.32. The van der Waals surface area contributed by atoms with Crippen molar-refractivity contribution >= 4 is 23.2 Å². The number of primary amides is 1. The first-order valence-electron chi connectivity index (χ1n) is 7.67. The van der Waals surface area contributed by atoms with E-state index in [2.05, 4.69) is 10.2 Å². The summed E-state index contributed by atoms with van der Waals surface area (Å²) in [7, 11) is 0. The lowest BCUT2D eigenvalue weighted by molar-refractivity contribution is 0.0996. The molecule has 6 heteroatoms. The number of amides is 2. The Morgan fingerprint density at radius 2 is 1.87 bits per heavy atom. The fraction of sp³-hybridized carbons (Fsp3) is 0.294. The van der Waals surface area contributed by atoms with E-state index in [4.69, 9.17) is 10.2 Å². The molecule has 0 radical (unpaired) electrons. The summed E-state index contributed by atoms with van der Waals surface area (Å²) in [6, 6.07) is 6.76. The normalized spacial score (nSPS) is 14.5. The van der Waals surface area contributed by atoms with Crippen LogP contribution in [0.2, 0.25) is 0 Å². The van der Waals surface area contributed by atoms with Gasteiger partial charge < -0.3 is 20.4 Å². The van der Waals surface area contributed by atoms with E-state index in [1.807, 2.05) is 6.07 Å². The SMILES string of the molecule is NC(=O)c1ccc(N2CCCCC2)c(NC(=O)c2ccoc2)c1. The van der Waals surface area contributed by atoms with Crippen molar-refractivity contribution in [1.82, 2.24) is 0 Å². The highest BCUT2D eigenvalue weighted by atomic mass is 16.3. The summed E-state index contributed by atoms with van der Waals surface area (Å²) in [5.41, 5.74) is 7.66. The third-order valence-electron chi connectivity index (χ3n) is 4.01. The number of hydrogen-bond acceptors (Lipinski definition) is 4. The van der Waals surface area contributed by atoms with Gasteiger partial charge in [0.15, 0.2) is 0 Å². The highest BCUT2D eigenvalue weighted by Crippen LogP contribution is 2.30. The average Bonchev–Trinajstić information content (AvgIpc) is 3.10. The van der Waals surface area contributed by atoms with Gasteiger partial charge >= 0.3 is 0 Å². The second-order valence-corrected chi connectivity index (χ2v) is 5.61. The van der Waals surface area contributed by atoms with Crippen LogP contribution in [0, 0.1) is 0 Å². The van der Waals surface area contributed by atoms with E-state index in [-0.39, 0.29) is 5.91 Å². The largest absolute Gasteiger partial charge is 0.472 e. The van der Waals surface area contributed by atoms with Gasteiger partial charge in [-0.1, -0.05) is 0 Å². The maximum atomic E-state index is 12.3. The summed E-state index contributed by atoms with van der Waals surface area (Å²) in [6.07, 6.45) is 6.28. The number of anilines is 2. The number of furan rings is 1. The molecule has 1 saturated heterocycles. The standard InChI is InChI=1S/C17H19N3O3/c18-16(21)12-4-5-15(20-7-2-1-3-8-20)14(10-12)19-17(22)13-6-9-23-11-13/h4-6,9-11H,1-3,7-8H2,(H2,18,21)(H,19,22). The van der Waals surface area contributed by atoms with E-state index >= 15 is 0 Å². The van der Waals surface area contributed by atoms with Gasteiger partial charge in [-0.3, -0.25) is 9.59 Å². The van der Waals surface area contributed by atoms with Crippen molar-refractivity contribution in [3.8, 4) is 0 Å². The van der Waals surface area contributed by atoms with Crippen LogP contribution in [0.4, 0.5) is 11.4 Å². The Hall–Kier alpha value is -2.76. The first kappa shape index (κ1) is 15.1. The summed E-state index contributed by atoms with van der Waals surface area (Å²) < 4.78 is 4.94. The molecule has 3 N–H and O–H groups in total. The summed E-state index contributed by atoms with van der Waals surface area (Å²) in [6.45, 7) is 1.87. The Labute approximate surface area is 134 Å². The predicted molar refractivity (Wildman–Crippen MR) is 87.7 cm³/mol. The van der Waals surface area contributed by atoms with Gasteiger partial charge in [0.25, 0.3) is 5.91 Å². The Morgan fingerprint density at radius 3 is 2.52 bits per heavy atom. The molecule has 2 aromatic rings. The van der Waals surface area contributed by atoms with Crippen molar-refractivity contribution in [2.75, 3.05) is 23.3 Å². The quantitative estimate of drug-likeness (QED) is 0.908. The lowest BCUT2D eigenvalue weighted by Crippen LogP contribution is -2.30. The van der Waals surface area contributed by atoms with E-state index in [1.54, 1.807) is 18.2 Å². The van der Waals surface area contributed by atoms with Crippen LogP contribution in [-0.2, 0) is 0 Å². The Bertz CT molecular complexity index is 704. The zero-order valence-electron chi connectivity index (χ0n) is 12.7. The van der Waals surface area contributed by atoms with E-state index in [1.165, 1.54) is 18.9 Å². The van der Waals surface area contributed by atoms with Crippen LogP contribution in [0.25, 0.3) is 0 Å². The first-order valence-corrected chi connectivity index (χ1v) is 7.67. The van der Waals surface area contributed by atoms with Crippen molar-refractivity contribution in [2.45, 2.75) is 19.3 Å². The number of rotatable bonds is 4. The summed E-state index contributed by atoms with van der Waals surface area (Å²) in [5, 5.41) is 2.86.